The van der Waals surface area contributed by atoms with Gasteiger partial charge in [0.25, 0.3) is 0 Å². The normalized spacial score (nSPS) is 26.0. The molecule has 0 saturated carbocycles. The average Bonchev–Trinajstić information content (AvgIpc) is 2.59. The first-order valence-electron chi connectivity index (χ1n) is 6.12. The van der Waals surface area contributed by atoms with Gasteiger partial charge in [-0.2, -0.15) is 0 Å². The summed E-state index contributed by atoms with van der Waals surface area (Å²) in [6.45, 7) is 3.94. The minimum atomic E-state index is 0.591. The molecular weight excluding hydrogens is 236 g/mol. The molecule has 0 saturated heterocycles. The number of hydrogen-bond acceptors (Lipinski definition) is 3. The second-order valence-electron chi connectivity index (χ2n) is 4.30. The summed E-state index contributed by atoms with van der Waals surface area (Å²) in [5.41, 5.74) is 6.13. The van der Waals surface area contributed by atoms with Gasteiger partial charge in [-0.1, -0.05) is 24.8 Å². The van der Waals surface area contributed by atoms with Gasteiger partial charge in [-0.25, -0.2) is 0 Å². The van der Waals surface area contributed by atoms with E-state index in [1.807, 2.05) is 42.8 Å². The summed E-state index contributed by atoms with van der Waals surface area (Å²) in [6, 6.07) is 0. The van der Waals surface area contributed by atoms with Crippen LogP contribution in [0, 0.1) is 0 Å². The van der Waals surface area contributed by atoms with Crippen molar-refractivity contribution >= 4 is 0 Å². The number of hydrogen-bond donors (Lipinski definition) is 2. The Morgan fingerprint density at radius 2 is 2.05 bits per heavy atom. The van der Waals surface area contributed by atoms with Crippen LogP contribution in [-0.2, 0) is 4.74 Å². The predicted octanol–water partition coefficient (Wildman–Crippen LogP) is 2.89. The highest BCUT2D eigenvalue weighted by molar-refractivity contribution is 5.43. The molecule has 0 bridgehead atoms. The van der Waals surface area contributed by atoms with E-state index in [-0.39, 0.29) is 0 Å². The molecule has 3 nitrogen and oxygen atoms in total. The Bertz CT molecular complexity index is 636. The third kappa shape index (κ3) is 2.46. The van der Waals surface area contributed by atoms with E-state index < -0.39 is 0 Å². The van der Waals surface area contributed by atoms with Crippen molar-refractivity contribution in [3.63, 3.8) is 0 Å². The van der Waals surface area contributed by atoms with Crippen LogP contribution in [-0.4, -0.2) is 0 Å². The first-order chi connectivity index (χ1) is 9.33. The Balaban J connectivity index is 2.03. The van der Waals surface area contributed by atoms with Gasteiger partial charge in [0.2, 0.25) is 0 Å². The third-order valence-electron chi connectivity index (χ3n) is 2.94. The van der Waals surface area contributed by atoms with Crippen LogP contribution < -0.4 is 10.6 Å². The van der Waals surface area contributed by atoms with E-state index in [4.69, 9.17) is 4.74 Å². The molecule has 0 radical (unpaired) electrons. The molecule has 0 aromatic rings. The van der Waals surface area contributed by atoms with Gasteiger partial charge < -0.3 is 15.4 Å². The number of fused-ring (bicyclic) bond motifs is 1. The highest BCUT2D eigenvalue weighted by Gasteiger charge is 2.12. The van der Waals surface area contributed by atoms with Crippen molar-refractivity contribution in [2.24, 2.45) is 0 Å². The monoisotopic (exact) mass is 250 g/mol. The fourth-order valence-corrected chi connectivity index (χ4v) is 2.03. The molecule has 0 amide bonds. The Hall–Kier alpha value is -2.64. The van der Waals surface area contributed by atoms with Crippen LogP contribution in [0.15, 0.2) is 89.7 Å². The topological polar surface area (TPSA) is 33.3 Å². The van der Waals surface area contributed by atoms with Crippen molar-refractivity contribution in [1.82, 2.24) is 10.6 Å². The SMILES string of the molecule is C=C1/C=C2/NC=CN/C2=C/CC2=C(C=C=CC=C2)O1. The van der Waals surface area contributed by atoms with E-state index in [1.165, 1.54) is 0 Å². The van der Waals surface area contributed by atoms with Crippen molar-refractivity contribution in [3.05, 3.63) is 89.7 Å². The maximum absolute atomic E-state index is 5.80. The van der Waals surface area contributed by atoms with Gasteiger partial charge in [-0.05, 0) is 18.1 Å². The minimum Gasteiger partial charge on any atom is -0.457 e. The van der Waals surface area contributed by atoms with Crippen LogP contribution in [0.4, 0.5) is 0 Å². The zero-order valence-corrected chi connectivity index (χ0v) is 10.4. The standard InChI is InChI=1S/C16H14N2O/c1-12-11-15-14(17-9-10-18-15)8-7-13-5-3-2-4-6-16(13)19-12/h2-3,5-6,8-11,17-18H,1,7H2/b14-8+,15-11+. The largest absolute Gasteiger partial charge is 0.457 e. The summed E-state index contributed by atoms with van der Waals surface area (Å²) in [4.78, 5) is 0. The van der Waals surface area contributed by atoms with Crippen LogP contribution in [0.3, 0.4) is 0 Å². The quantitative estimate of drug-likeness (QED) is 0.649. The second-order valence-corrected chi connectivity index (χ2v) is 4.30. The van der Waals surface area contributed by atoms with Crippen LogP contribution >= 0.6 is 0 Å². The molecule has 3 heteroatoms. The molecule has 0 fully saturated rings. The third-order valence-corrected chi connectivity index (χ3v) is 2.94. The zero-order valence-electron chi connectivity index (χ0n) is 10.4. The number of nitrogens with one attached hydrogen (secondary N) is 2. The summed E-state index contributed by atoms with van der Waals surface area (Å²) in [5.74, 6) is 1.38. The lowest BCUT2D eigenvalue weighted by atomic mass is 10.1. The molecule has 2 heterocycles. The van der Waals surface area contributed by atoms with E-state index in [0.717, 1.165) is 29.1 Å². The summed E-state index contributed by atoms with van der Waals surface area (Å²) >= 11 is 0. The van der Waals surface area contributed by atoms with Gasteiger partial charge in [0.1, 0.15) is 11.5 Å². The lowest BCUT2D eigenvalue weighted by Crippen LogP contribution is -2.22. The highest BCUT2D eigenvalue weighted by Crippen LogP contribution is 2.23. The summed E-state index contributed by atoms with van der Waals surface area (Å²) in [5, 5.41) is 6.40. The van der Waals surface area contributed by atoms with E-state index in [0.29, 0.717) is 5.76 Å². The Morgan fingerprint density at radius 3 is 2.95 bits per heavy atom. The predicted molar refractivity (Wildman–Crippen MR) is 75.2 cm³/mol. The molecular formula is C16H14N2O. The van der Waals surface area contributed by atoms with Crippen molar-refractivity contribution in [2.75, 3.05) is 0 Å². The molecule has 0 aromatic carbocycles. The number of allylic oxidation sites excluding steroid dienone is 6. The molecule has 94 valence electrons. The van der Waals surface area contributed by atoms with Crippen LogP contribution in [0.5, 0.6) is 0 Å². The van der Waals surface area contributed by atoms with Gasteiger partial charge in [-0.15, -0.1) is 5.73 Å². The zero-order chi connectivity index (χ0) is 13.1. The fourth-order valence-electron chi connectivity index (χ4n) is 2.03. The van der Waals surface area contributed by atoms with Crippen LogP contribution in [0.2, 0.25) is 0 Å². The maximum Gasteiger partial charge on any atom is 0.138 e. The Labute approximate surface area is 112 Å². The fraction of sp³-hybridized carbons (Fsp3) is 0.0625. The molecule has 19 heavy (non-hydrogen) atoms. The molecule has 0 spiro atoms. The molecule has 0 aromatic heterocycles. The molecule has 0 atom stereocenters. The van der Waals surface area contributed by atoms with Gasteiger partial charge in [-0.3, -0.25) is 0 Å². The first kappa shape index (κ1) is 11.5. The average molecular weight is 250 g/mol. The Morgan fingerprint density at radius 1 is 1.21 bits per heavy atom. The van der Waals surface area contributed by atoms with E-state index in [9.17, 15) is 0 Å². The van der Waals surface area contributed by atoms with Gasteiger partial charge in [0, 0.05) is 24.6 Å². The first-order valence-corrected chi connectivity index (χ1v) is 6.12. The smallest absolute Gasteiger partial charge is 0.138 e. The molecule has 2 aliphatic heterocycles. The summed E-state index contributed by atoms with van der Waals surface area (Å²) < 4.78 is 5.80. The van der Waals surface area contributed by atoms with Crippen molar-refractivity contribution in [3.8, 4) is 0 Å². The summed E-state index contributed by atoms with van der Waals surface area (Å²) in [6.07, 6.45) is 16.2. The molecule has 1 aliphatic carbocycles. The van der Waals surface area contributed by atoms with Gasteiger partial charge >= 0.3 is 0 Å². The Kier molecular flexibility index (Phi) is 2.97. The molecule has 2 N–H and O–H groups in total. The van der Waals surface area contributed by atoms with E-state index in [1.54, 1.807) is 0 Å². The number of rotatable bonds is 0. The molecule has 3 rings (SSSR count). The molecule has 0 unspecified atom stereocenters. The lowest BCUT2D eigenvalue weighted by molar-refractivity contribution is 0.333. The van der Waals surface area contributed by atoms with Crippen molar-refractivity contribution in [2.45, 2.75) is 6.42 Å². The minimum absolute atomic E-state index is 0.591. The number of ether oxygens (including phenoxy) is 1. The van der Waals surface area contributed by atoms with Gasteiger partial charge in [0.05, 0.1) is 11.4 Å². The lowest BCUT2D eigenvalue weighted by Gasteiger charge is -2.16. The van der Waals surface area contributed by atoms with Crippen LogP contribution in [0.25, 0.3) is 0 Å². The van der Waals surface area contributed by atoms with E-state index >= 15 is 0 Å². The maximum atomic E-state index is 5.80. The van der Waals surface area contributed by atoms with Crippen molar-refractivity contribution < 1.29 is 4.74 Å². The van der Waals surface area contributed by atoms with E-state index in [2.05, 4.69) is 29.0 Å². The second kappa shape index (κ2) is 4.92. The highest BCUT2D eigenvalue weighted by atomic mass is 16.5. The van der Waals surface area contributed by atoms with Crippen molar-refractivity contribution in [1.29, 1.82) is 0 Å². The summed E-state index contributed by atoms with van der Waals surface area (Å²) in [7, 11) is 0. The van der Waals surface area contributed by atoms with Crippen LogP contribution in [0.1, 0.15) is 6.42 Å². The molecule has 3 aliphatic rings. The van der Waals surface area contributed by atoms with Gasteiger partial charge in [0.15, 0.2) is 0 Å².